The van der Waals surface area contributed by atoms with Crippen molar-refractivity contribution in [2.45, 2.75) is 32.1 Å². The lowest BCUT2D eigenvalue weighted by Gasteiger charge is -2.22. The van der Waals surface area contributed by atoms with E-state index in [0.29, 0.717) is 11.1 Å². The first kappa shape index (κ1) is 13.5. The van der Waals surface area contributed by atoms with E-state index in [4.69, 9.17) is 0 Å². The maximum Gasteiger partial charge on any atom is 0.331 e. The second kappa shape index (κ2) is 6.32. The number of rotatable bonds is 4. The van der Waals surface area contributed by atoms with Crippen molar-refractivity contribution in [2.24, 2.45) is 5.92 Å². The number of carboxylic acid groups (broad SMARTS) is 1. The molecule has 0 unspecified atom stereocenters. The van der Waals surface area contributed by atoms with E-state index in [2.05, 4.69) is 0 Å². The monoisotopic (exact) mass is 258 g/mol. The van der Waals surface area contributed by atoms with Gasteiger partial charge in [-0.25, -0.2) is 4.79 Å². The van der Waals surface area contributed by atoms with E-state index >= 15 is 0 Å². The molecular formula is C16H18O3. The summed E-state index contributed by atoms with van der Waals surface area (Å²) in [5.41, 5.74) is 1.94. The Balaban J connectivity index is 2.23. The van der Waals surface area contributed by atoms with Crippen molar-refractivity contribution in [3.63, 3.8) is 0 Å². The van der Waals surface area contributed by atoms with Crippen LogP contribution in [0.25, 0.3) is 6.08 Å². The molecule has 0 spiro atoms. The molecule has 3 heteroatoms. The van der Waals surface area contributed by atoms with Gasteiger partial charge in [-0.05, 0) is 30.4 Å². The van der Waals surface area contributed by atoms with Gasteiger partial charge in [-0.2, -0.15) is 0 Å². The lowest BCUT2D eigenvalue weighted by atomic mass is 9.83. The normalized spacial score (nSPS) is 17.2. The van der Waals surface area contributed by atoms with Crippen LogP contribution in [-0.2, 0) is 4.79 Å². The van der Waals surface area contributed by atoms with Crippen LogP contribution in [0, 0.1) is 5.92 Å². The second-order valence-electron chi connectivity index (χ2n) is 5.02. The largest absolute Gasteiger partial charge is 0.478 e. The molecular weight excluding hydrogens is 240 g/mol. The van der Waals surface area contributed by atoms with Gasteiger partial charge in [0.1, 0.15) is 6.29 Å². The van der Waals surface area contributed by atoms with Crippen LogP contribution in [0.1, 0.15) is 48.0 Å². The summed E-state index contributed by atoms with van der Waals surface area (Å²) in [5.74, 6) is -0.664. The van der Waals surface area contributed by atoms with Crippen LogP contribution < -0.4 is 0 Å². The summed E-state index contributed by atoms with van der Waals surface area (Å²) in [6.45, 7) is 0. The quantitative estimate of drug-likeness (QED) is 0.663. The van der Waals surface area contributed by atoms with E-state index in [0.717, 1.165) is 37.5 Å². The van der Waals surface area contributed by atoms with Crippen LogP contribution in [0.5, 0.6) is 0 Å². The molecule has 1 aromatic rings. The molecule has 1 saturated carbocycles. The lowest BCUT2D eigenvalue weighted by molar-refractivity contribution is -0.133. The Morgan fingerprint density at radius 2 is 1.63 bits per heavy atom. The van der Waals surface area contributed by atoms with E-state index in [9.17, 15) is 14.7 Å². The molecule has 0 bridgehead atoms. The van der Waals surface area contributed by atoms with Crippen molar-refractivity contribution in [1.29, 1.82) is 0 Å². The van der Waals surface area contributed by atoms with Crippen LogP contribution in [-0.4, -0.2) is 17.4 Å². The molecule has 1 N–H and O–H groups in total. The van der Waals surface area contributed by atoms with Crippen molar-refractivity contribution >= 4 is 18.3 Å². The minimum atomic E-state index is -0.827. The predicted molar refractivity (Wildman–Crippen MR) is 74.0 cm³/mol. The molecule has 0 saturated heterocycles. The van der Waals surface area contributed by atoms with E-state index in [1.54, 1.807) is 30.3 Å². The number of aliphatic carboxylic acids is 1. The standard InChI is InChI=1S/C16H18O3/c17-11-13-8-6-12(7-9-13)10-15(16(18)19)14-4-2-1-3-5-14/h6-11,14H,1-5H2,(H,18,19)/b15-10+. The fourth-order valence-corrected chi connectivity index (χ4v) is 2.62. The van der Waals surface area contributed by atoms with Gasteiger partial charge in [-0.15, -0.1) is 0 Å². The summed E-state index contributed by atoms with van der Waals surface area (Å²) in [7, 11) is 0. The molecule has 1 aliphatic carbocycles. The summed E-state index contributed by atoms with van der Waals surface area (Å²) in [6, 6.07) is 6.99. The Kier molecular flexibility index (Phi) is 4.50. The number of aldehydes is 1. The predicted octanol–water partition coefficient (Wildman–Crippen LogP) is 3.55. The van der Waals surface area contributed by atoms with Gasteiger partial charge in [0.05, 0.1) is 0 Å². The van der Waals surface area contributed by atoms with Crippen LogP contribution in [0.3, 0.4) is 0 Å². The van der Waals surface area contributed by atoms with Crippen molar-refractivity contribution in [2.75, 3.05) is 0 Å². The summed E-state index contributed by atoms with van der Waals surface area (Å²) in [5, 5.41) is 9.36. The fraction of sp³-hybridized carbons (Fsp3) is 0.375. The number of carbonyl (C=O) groups excluding carboxylic acids is 1. The van der Waals surface area contributed by atoms with E-state index < -0.39 is 5.97 Å². The maximum atomic E-state index is 11.4. The SMILES string of the molecule is O=Cc1ccc(/C=C(/C(=O)O)C2CCCCC2)cc1. The number of carbonyl (C=O) groups is 2. The van der Waals surface area contributed by atoms with Crippen molar-refractivity contribution < 1.29 is 14.7 Å². The van der Waals surface area contributed by atoms with Gasteiger partial charge in [-0.3, -0.25) is 4.79 Å². The van der Waals surface area contributed by atoms with Crippen molar-refractivity contribution in [3.05, 3.63) is 41.0 Å². The first-order chi connectivity index (χ1) is 9.20. The number of hydrogen-bond acceptors (Lipinski definition) is 2. The first-order valence-electron chi connectivity index (χ1n) is 6.71. The highest BCUT2D eigenvalue weighted by atomic mass is 16.4. The summed E-state index contributed by atoms with van der Waals surface area (Å²) in [4.78, 5) is 22.0. The molecule has 19 heavy (non-hydrogen) atoms. The maximum absolute atomic E-state index is 11.4. The molecule has 3 nitrogen and oxygen atoms in total. The topological polar surface area (TPSA) is 54.4 Å². The lowest BCUT2D eigenvalue weighted by Crippen LogP contribution is -2.15. The minimum Gasteiger partial charge on any atom is -0.478 e. The van der Waals surface area contributed by atoms with Crippen LogP contribution >= 0.6 is 0 Å². The Morgan fingerprint density at radius 3 is 2.16 bits per heavy atom. The molecule has 0 aromatic heterocycles. The zero-order valence-electron chi connectivity index (χ0n) is 10.8. The Hall–Kier alpha value is -1.90. The molecule has 1 fully saturated rings. The van der Waals surface area contributed by atoms with Gasteiger partial charge in [0.2, 0.25) is 0 Å². The van der Waals surface area contributed by atoms with Gasteiger partial charge >= 0.3 is 5.97 Å². The highest BCUT2D eigenvalue weighted by Gasteiger charge is 2.22. The molecule has 0 amide bonds. The molecule has 0 atom stereocenters. The van der Waals surface area contributed by atoms with E-state index in [1.165, 1.54) is 6.42 Å². The number of benzene rings is 1. The average Bonchev–Trinajstić information content (AvgIpc) is 2.46. The van der Waals surface area contributed by atoms with Crippen LogP contribution in [0.2, 0.25) is 0 Å². The zero-order chi connectivity index (χ0) is 13.7. The molecule has 0 heterocycles. The Bertz CT molecular complexity index is 479. The molecule has 1 aromatic carbocycles. The average molecular weight is 258 g/mol. The second-order valence-corrected chi connectivity index (χ2v) is 5.02. The summed E-state index contributed by atoms with van der Waals surface area (Å²) in [6.07, 6.45) is 7.88. The first-order valence-corrected chi connectivity index (χ1v) is 6.71. The van der Waals surface area contributed by atoms with Gasteiger partial charge < -0.3 is 5.11 Å². The number of carboxylic acids is 1. The van der Waals surface area contributed by atoms with E-state index in [1.807, 2.05) is 0 Å². The highest BCUT2D eigenvalue weighted by molar-refractivity contribution is 5.92. The molecule has 100 valence electrons. The van der Waals surface area contributed by atoms with Crippen LogP contribution in [0.15, 0.2) is 29.8 Å². The van der Waals surface area contributed by atoms with Gasteiger partial charge in [0, 0.05) is 11.1 Å². The summed E-state index contributed by atoms with van der Waals surface area (Å²) >= 11 is 0. The minimum absolute atomic E-state index is 0.164. The molecule has 0 radical (unpaired) electrons. The molecule has 0 aliphatic heterocycles. The third-order valence-electron chi connectivity index (χ3n) is 3.69. The van der Waals surface area contributed by atoms with Crippen molar-refractivity contribution in [3.8, 4) is 0 Å². The Labute approximate surface area is 113 Å². The third-order valence-corrected chi connectivity index (χ3v) is 3.69. The van der Waals surface area contributed by atoms with Crippen molar-refractivity contribution in [1.82, 2.24) is 0 Å². The van der Waals surface area contributed by atoms with Gasteiger partial charge in [-0.1, -0.05) is 43.5 Å². The zero-order valence-corrected chi connectivity index (χ0v) is 10.8. The molecule has 2 rings (SSSR count). The highest BCUT2D eigenvalue weighted by Crippen LogP contribution is 2.31. The van der Waals surface area contributed by atoms with Crippen LogP contribution in [0.4, 0.5) is 0 Å². The van der Waals surface area contributed by atoms with Gasteiger partial charge in [0.25, 0.3) is 0 Å². The van der Waals surface area contributed by atoms with E-state index in [-0.39, 0.29) is 5.92 Å². The molecule has 1 aliphatic rings. The summed E-state index contributed by atoms with van der Waals surface area (Å²) < 4.78 is 0. The third kappa shape index (κ3) is 3.53. The van der Waals surface area contributed by atoms with Gasteiger partial charge in [0.15, 0.2) is 0 Å². The number of hydrogen-bond donors (Lipinski definition) is 1. The fourth-order valence-electron chi connectivity index (χ4n) is 2.62. The Morgan fingerprint density at radius 1 is 1.05 bits per heavy atom. The smallest absolute Gasteiger partial charge is 0.331 e.